The molecule has 1 unspecified atom stereocenters. The second-order valence-corrected chi connectivity index (χ2v) is 6.47. The Bertz CT molecular complexity index is 725. The van der Waals surface area contributed by atoms with Crippen molar-refractivity contribution in [3.05, 3.63) is 36.5 Å². The van der Waals surface area contributed by atoms with Crippen LogP contribution in [-0.4, -0.2) is 49.2 Å². The quantitative estimate of drug-likeness (QED) is 0.786. The van der Waals surface area contributed by atoms with Crippen LogP contribution in [0.1, 0.15) is 19.3 Å². The Morgan fingerprint density at radius 2 is 2.00 bits per heavy atom. The number of carbonyl (C=O) groups is 1. The Kier molecular flexibility index (Phi) is 6.01. The summed E-state index contributed by atoms with van der Waals surface area (Å²) in [5.41, 5.74) is 1.65. The van der Waals surface area contributed by atoms with Gasteiger partial charge in [-0.05, 0) is 62.7 Å². The lowest BCUT2D eigenvalue weighted by molar-refractivity contribution is 0.254. The van der Waals surface area contributed by atoms with Crippen molar-refractivity contribution in [2.75, 3.05) is 37.4 Å². The zero-order valence-electron chi connectivity index (χ0n) is 15.3. The highest BCUT2D eigenvalue weighted by atomic mass is 16.2. The molecule has 138 valence electrons. The summed E-state index contributed by atoms with van der Waals surface area (Å²) >= 11 is 0. The van der Waals surface area contributed by atoms with Gasteiger partial charge in [0.25, 0.3) is 0 Å². The summed E-state index contributed by atoms with van der Waals surface area (Å²) in [5, 5.41) is 8.72. The fourth-order valence-electron chi connectivity index (χ4n) is 3.16. The molecule has 2 heterocycles. The van der Waals surface area contributed by atoms with Crippen molar-refractivity contribution in [1.29, 1.82) is 0 Å². The number of anilines is 2. The Hall–Kier alpha value is -2.67. The molecule has 0 spiro atoms. The van der Waals surface area contributed by atoms with Crippen LogP contribution in [0.2, 0.25) is 0 Å². The van der Waals surface area contributed by atoms with Crippen LogP contribution in [0.4, 0.5) is 16.3 Å². The molecule has 1 fully saturated rings. The van der Waals surface area contributed by atoms with Crippen LogP contribution in [0.5, 0.6) is 0 Å². The molecule has 2 amide bonds. The van der Waals surface area contributed by atoms with Crippen LogP contribution in [0, 0.1) is 0 Å². The Balaban J connectivity index is 1.75. The zero-order valence-corrected chi connectivity index (χ0v) is 15.3. The standard InChI is InChI=1S/C19H26N6O/c1-20-19(26)23-15-7-5-14(6-8-15)18-22-13-10-17(24-18)25(2)16-4-3-11-21-12-9-16/h5-8,10,13,16,21H,3-4,9,11-12H2,1-2H3,(H2,20,23,26). The summed E-state index contributed by atoms with van der Waals surface area (Å²) in [4.78, 5) is 22.8. The van der Waals surface area contributed by atoms with Gasteiger partial charge in [0.05, 0.1) is 0 Å². The van der Waals surface area contributed by atoms with E-state index in [4.69, 9.17) is 4.98 Å². The number of hydrogen-bond acceptors (Lipinski definition) is 5. The van der Waals surface area contributed by atoms with E-state index in [0.29, 0.717) is 11.9 Å². The zero-order chi connectivity index (χ0) is 18.4. The first kappa shape index (κ1) is 18.1. The van der Waals surface area contributed by atoms with E-state index in [2.05, 4.69) is 32.9 Å². The number of aromatic nitrogens is 2. The molecule has 0 aliphatic carbocycles. The fraction of sp³-hybridized carbons (Fsp3) is 0.421. The van der Waals surface area contributed by atoms with Crippen molar-refractivity contribution < 1.29 is 4.79 Å². The molecule has 1 aromatic carbocycles. The maximum atomic E-state index is 11.4. The number of benzene rings is 1. The number of rotatable bonds is 4. The number of amides is 2. The normalized spacial score (nSPS) is 17.2. The smallest absolute Gasteiger partial charge is 0.318 e. The predicted octanol–water partition coefficient (Wildman–Crippen LogP) is 2.47. The van der Waals surface area contributed by atoms with Crippen LogP contribution in [0.15, 0.2) is 36.5 Å². The minimum absolute atomic E-state index is 0.240. The minimum Gasteiger partial charge on any atom is -0.357 e. The van der Waals surface area contributed by atoms with E-state index in [0.717, 1.165) is 36.6 Å². The highest BCUT2D eigenvalue weighted by Gasteiger charge is 2.18. The summed E-state index contributed by atoms with van der Waals surface area (Å²) in [5.74, 6) is 1.63. The first-order valence-corrected chi connectivity index (χ1v) is 9.03. The second kappa shape index (κ2) is 8.62. The first-order valence-electron chi connectivity index (χ1n) is 9.03. The van der Waals surface area contributed by atoms with Gasteiger partial charge in [-0.15, -0.1) is 0 Å². The van der Waals surface area contributed by atoms with Gasteiger partial charge in [0, 0.05) is 37.6 Å². The molecule has 0 radical (unpaired) electrons. The van der Waals surface area contributed by atoms with Crippen molar-refractivity contribution in [2.45, 2.75) is 25.3 Å². The Morgan fingerprint density at radius 3 is 2.77 bits per heavy atom. The van der Waals surface area contributed by atoms with Crippen molar-refractivity contribution in [2.24, 2.45) is 0 Å². The summed E-state index contributed by atoms with van der Waals surface area (Å²) in [7, 11) is 3.70. The average molecular weight is 354 g/mol. The second-order valence-electron chi connectivity index (χ2n) is 6.47. The lowest BCUT2D eigenvalue weighted by atomic mass is 10.1. The lowest BCUT2D eigenvalue weighted by Crippen LogP contribution is -2.33. The van der Waals surface area contributed by atoms with E-state index in [1.54, 1.807) is 13.2 Å². The molecule has 1 aliphatic heterocycles. The van der Waals surface area contributed by atoms with Gasteiger partial charge in [0.1, 0.15) is 5.82 Å². The number of hydrogen-bond donors (Lipinski definition) is 3. The maximum absolute atomic E-state index is 11.4. The van der Waals surface area contributed by atoms with Gasteiger partial charge in [0.15, 0.2) is 5.82 Å². The molecule has 1 atom stereocenters. The molecule has 7 heteroatoms. The summed E-state index contributed by atoms with van der Waals surface area (Å²) < 4.78 is 0. The van der Waals surface area contributed by atoms with Crippen molar-refractivity contribution >= 4 is 17.5 Å². The molecule has 3 N–H and O–H groups in total. The monoisotopic (exact) mass is 354 g/mol. The van der Waals surface area contributed by atoms with Crippen LogP contribution in [0.25, 0.3) is 11.4 Å². The minimum atomic E-state index is -0.240. The van der Waals surface area contributed by atoms with Gasteiger partial charge in [-0.25, -0.2) is 14.8 Å². The average Bonchev–Trinajstić information content (AvgIpc) is 2.97. The lowest BCUT2D eigenvalue weighted by Gasteiger charge is -2.28. The largest absolute Gasteiger partial charge is 0.357 e. The molecule has 2 aromatic rings. The van der Waals surface area contributed by atoms with Crippen molar-refractivity contribution in [3.8, 4) is 11.4 Å². The predicted molar refractivity (Wildman–Crippen MR) is 104 cm³/mol. The number of urea groups is 1. The summed E-state index contributed by atoms with van der Waals surface area (Å²) in [6.45, 7) is 2.14. The molecule has 1 aliphatic rings. The molecule has 7 nitrogen and oxygen atoms in total. The summed E-state index contributed by atoms with van der Waals surface area (Å²) in [6.07, 6.45) is 5.28. The number of nitrogens with one attached hydrogen (secondary N) is 3. The molecule has 1 aromatic heterocycles. The Labute approximate surface area is 154 Å². The maximum Gasteiger partial charge on any atom is 0.318 e. The van der Waals surface area contributed by atoms with Crippen molar-refractivity contribution in [1.82, 2.24) is 20.6 Å². The van der Waals surface area contributed by atoms with Gasteiger partial charge in [-0.2, -0.15) is 0 Å². The van der Waals surface area contributed by atoms with Gasteiger partial charge < -0.3 is 20.9 Å². The van der Waals surface area contributed by atoms with Crippen LogP contribution in [0.3, 0.4) is 0 Å². The van der Waals surface area contributed by atoms with Gasteiger partial charge in [-0.1, -0.05) is 0 Å². The number of nitrogens with zero attached hydrogens (tertiary/aromatic N) is 3. The van der Waals surface area contributed by atoms with Crippen LogP contribution >= 0.6 is 0 Å². The van der Waals surface area contributed by atoms with Gasteiger partial charge in [0.2, 0.25) is 0 Å². The summed E-state index contributed by atoms with van der Waals surface area (Å²) in [6, 6.07) is 9.74. The van der Waals surface area contributed by atoms with Gasteiger partial charge in [-0.3, -0.25) is 0 Å². The van der Waals surface area contributed by atoms with E-state index in [-0.39, 0.29) is 6.03 Å². The topological polar surface area (TPSA) is 82.2 Å². The van der Waals surface area contributed by atoms with E-state index < -0.39 is 0 Å². The molecule has 3 rings (SSSR count). The third kappa shape index (κ3) is 4.49. The van der Waals surface area contributed by atoms with Gasteiger partial charge >= 0.3 is 6.03 Å². The highest BCUT2D eigenvalue weighted by molar-refractivity contribution is 5.89. The third-order valence-corrected chi connectivity index (χ3v) is 4.72. The first-order chi connectivity index (χ1) is 12.7. The molecule has 26 heavy (non-hydrogen) atoms. The third-order valence-electron chi connectivity index (χ3n) is 4.72. The molecule has 0 bridgehead atoms. The number of carbonyl (C=O) groups excluding carboxylic acids is 1. The van der Waals surface area contributed by atoms with E-state index in [1.807, 2.05) is 30.3 Å². The van der Waals surface area contributed by atoms with Crippen molar-refractivity contribution in [3.63, 3.8) is 0 Å². The molecular formula is C19H26N6O. The van der Waals surface area contributed by atoms with E-state index >= 15 is 0 Å². The van der Waals surface area contributed by atoms with E-state index in [9.17, 15) is 4.79 Å². The highest BCUT2D eigenvalue weighted by Crippen LogP contribution is 2.23. The van der Waals surface area contributed by atoms with Crippen LogP contribution < -0.4 is 20.9 Å². The SMILES string of the molecule is CNC(=O)Nc1ccc(-c2nccc(N(C)C3CCCNCC3)n2)cc1. The van der Waals surface area contributed by atoms with E-state index in [1.165, 1.54) is 12.8 Å². The van der Waals surface area contributed by atoms with Crippen LogP contribution in [-0.2, 0) is 0 Å². The molecule has 1 saturated heterocycles. The fourth-order valence-corrected chi connectivity index (χ4v) is 3.16. The molecule has 0 saturated carbocycles. The molecular weight excluding hydrogens is 328 g/mol. The Morgan fingerprint density at radius 1 is 1.19 bits per heavy atom.